The highest BCUT2D eigenvalue weighted by Gasteiger charge is 2.89. The molecule has 6 heteroatoms. The molecular formula is C12H13FIN3O. The van der Waals surface area contributed by atoms with E-state index in [1.165, 1.54) is 6.42 Å². The zero-order valence-electron chi connectivity index (χ0n) is 9.51. The molecule has 0 heterocycles. The van der Waals surface area contributed by atoms with Crippen LogP contribution in [0.1, 0.15) is 6.42 Å². The smallest absolute Gasteiger partial charge is 0.332 e. The molecule has 4 nitrogen and oxygen atoms in total. The summed E-state index contributed by atoms with van der Waals surface area (Å²) >= 11 is 2.33. The van der Waals surface area contributed by atoms with Crippen LogP contribution in [0.2, 0.25) is 0 Å². The average molecular weight is 361 g/mol. The van der Waals surface area contributed by atoms with E-state index < -0.39 is 11.7 Å². The number of carbonyl (C=O) groups is 1. The molecule has 6 aliphatic carbocycles. The van der Waals surface area contributed by atoms with Gasteiger partial charge in [0.25, 0.3) is 0 Å². The zero-order chi connectivity index (χ0) is 12.4. The van der Waals surface area contributed by atoms with E-state index in [2.05, 4.69) is 33.1 Å². The van der Waals surface area contributed by atoms with Gasteiger partial charge >= 0.3 is 6.03 Å². The fourth-order valence-electron chi connectivity index (χ4n) is 6.44. The van der Waals surface area contributed by atoms with Crippen LogP contribution >= 0.6 is 22.6 Å². The number of rotatable bonds is 1. The molecule has 0 aromatic carbocycles. The van der Waals surface area contributed by atoms with E-state index in [0.717, 1.165) is 5.71 Å². The molecule has 3 N–H and O–H groups in total. The molecule has 0 aliphatic heterocycles. The van der Waals surface area contributed by atoms with Crippen molar-refractivity contribution in [1.82, 2.24) is 5.43 Å². The van der Waals surface area contributed by atoms with Gasteiger partial charge in [0, 0.05) is 27.4 Å². The molecule has 6 fully saturated rings. The van der Waals surface area contributed by atoms with Crippen LogP contribution in [0.4, 0.5) is 9.18 Å². The summed E-state index contributed by atoms with van der Waals surface area (Å²) in [5.41, 5.74) is 7.26. The summed E-state index contributed by atoms with van der Waals surface area (Å²) < 4.78 is 15.6. The maximum atomic E-state index is 15.4. The van der Waals surface area contributed by atoms with Gasteiger partial charge in [-0.15, -0.1) is 0 Å². The number of amides is 2. The number of hydrazone groups is 1. The summed E-state index contributed by atoms with van der Waals surface area (Å²) in [6.07, 6.45) is 1.18. The Morgan fingerprint density at radius 1 is 1.50 bits per heavy atom. The molecule has 0 radical (unpaired) electrons. The summed E-state index contributed by atoms with van der Waals surface area (Å²) in [6, 6.07) is -0.653. The molecule has 0 aromatic rings. The summed E-state index contributed by atoms with van der Waals surface area (Å²) in [6.45, 7) is 0. The van der Waals surface area contributed by atoms with E-state index in [1.807, 2.05) is 0 Å². The quantitative estimate of drug-likeness (QED) is 0.413. The number of primary amides is 1. The lowest BCUT2D eigenvalue weighted by Crippen LogP contribution is -2.42. The van der Waals surface area contributed by atoms with Crippen molar-refractivity contribution in [3.8, 4) is 0 Å². The van der Waals surface area contributed by atoms with Gasteiger partial charge in [-0.25, -0.2) is 14.6 Å². The lowest BCUT2D eigenvalue weighted by atomic mass is 9.70. The van der Waals surface area contributed by atoms with Crippen LogP contribution in [-0.2, 0) is 0 Å². The first-order chi connectivity index (χ1) is 8.56. The third kappa shape index (κ3) is 0.750. The predicted octanol–water partition coefficient (Wildman–Crippen LogP) is 1.29. The van der Waals surface area contributed by atoms with Crippen LogP contribution in [0.3, 0.4) is 0 Å². The van der Waals surface area contributed by atoms with Crippen molar-refractivity contribution < 1.29 is 9.18 Å². The van der Waals surface area contributed by atoms with Crippen LogP contribution in [0.5, 0.6) is 0 Å². The number of hydrogen-bond acceptors (Lipinski definition) is 2. The van der Waals surface area contributed by atoms with Gasteiger partial charge in [-0.05, 0) is 30.1 Å². The van der Waals surface area contributed by atoms with Crippen LogP contribution in [0.15, 0.2) is 5.10 Å². The molecule has 2 amide bonds. The Labute approximate surface area is 117 Å². The second kappa shape index (κ2) is 2.71. The number of carbonyl (C=O) groups excluding carboxylic acids is 1. The third-order valence-electron chi connectivity index (χ3n) is 6.38. The molecule has 6 aliphatic rings. The first-order valence-electron chi connectivity index (χ1n) is 6.52. The van der Waals surface area contributed by atoms with Crippen LogP contribution in [-0.4, -0.2) is 21.3 Å². The summed E-state index contributed by atoms with van der Waals surface area (Å²) in [5.74, 6) is 2.70. The normalized spacial score (nSPS) is 66.9. The van der Waals surface area contributed by atoms with Gasteiger partial charge in [0.05, 0.1) is 0 Å². The van der Waals surface area contributed by atoms with Crippen LogP contribution < -0.4 is 11.2 Å². The average Bonchev–Trinajstić information content (AvgIpc) is 2.99. The number of nitrogens with two attached hydrogens (primary N) is 1. The Kier molecular flexibility index (Phi) is 1.57. The van der Waals surface area contributed by atoms with Crippen molar-refractivity contribution in [3.63, 3.8) is 0 Å². The summed E-state index contributed by atoms with van der Waals surface area (Å²) in [4.78, 5) is 10.8. The lowest BCUT2D eigenvalue weighted by Gasteiger charge is -2.36. The second-order valence-electron chi connectivity index (χ2n) is 6.49. The number of halogens is 2. The first-order valence-corrected chi connectivity index (χ1v) is 7.77. The van der Waals surface area contributed by atoms with E-state index in [0.29, 0.717) is 23.7 Å². The van der Waals surface area contributed by atoms with Gasteiger partial charge in [-0.2, -0.15) is 5.10 Å². The van der Waals surface area contributed by atoms with Gasteiger partial charge < -0.3 is 5.73 Å². The minimum Gasteiger partial charge on any atom is -0.350 e. The van der Waals surface area contributed by atoms with Crippen molar-refractivity contribution in [2.75, 3.05) is 0 Å². The van der Waals surface area contributed by atoms with E-state index in [9.17, 15) is 4.79 Å². The topological polar surface area (TPSA) is 67.5 Å². The van der Waals surface area contributed by atoms with Crippen molar-refractivity contribution in [2.45, 2.75) is 16.0 Å². The second-order valence-corrected chi connectivity index (χ2v) is 7.83. The molecular weight excluding hydrogens is 348 g/mol. The van der Waals surface area contributed by atoms with E-state index in [-0.39, 0.29) is 21.7 Å². The van der Waals surface area contributed by atoms with E-state index in [4.69, 9.17) is 5.73 Å². The first kappa shape index (κ1) is 10.4. The van der Waals surface area contributed by atoms with Crippen LogP contribution in [0, 0.1) is 41.4 Å². The molecule has 6 bridgehead atoms. The Morgan fingerprint density at radius 2 is 2.28 bits per heavy atom. The van der Waals surface area contributed by atoms with Crippen molar-refractivity contribution in [3.05, 3.63) is 0 Å². The molecule has 18 heavy (non-hydrogen) atoms. The fraction of sp³-hybridized carbons (Fsp3) is 0.833. The lowest BCUT2D eigenvalue weighted by molar-refractivity contribution is 0.0218. The number of hydrogen-bond donors (Lipinski definition) is 2. The van der Waals surface area contributed by atoms with Gasteiger partial charge in [0.15, 0.2) is 0 Å². The molecule has 9 atom stereocenters. The molecule has 96 valence electrons. The number of nitrogens with zero attached hydrogens (tertiary/aromatic N) is 1. The van der Waals surface area contributed by atoms with Gasteiger partial charge in [0.1, 0.15) is 5.67 Å². The predicted molar refractivity (Wildman–Crippen MR) is 70.8 cm³/mol. The monoisotopic (exact) mass is 361 g/mol. The minimum atomic E-state index is -1.05. The van der Waals surface area contributed by atoms with Crippen LogP contribution in [0.25, 0.3) is 0 Å². The van der Waals surface area contributed by atoms with E-state index >= 15 is 4.39 Å². The Hall–Kier alpha value is -0.400. The van der Waals surface area contributed by atoms with Crippen molar-refractivity contribution >= 4 is 34.3 Å². The molecule has 0 saturated heterocycles. The minimum absolute atomic E-state index is 0.0324. The standard InChI is InChI=1S/C12H13FIN3O/c13-12-7-3-1-2-4(5(3)10(12)14)8(12)9(6(2)7)16-17-11(15)18/h2-8,10H,1H2,(H3,15,17,18)/b16-9+/t2-,3-,4+,5-,6-,7-,8+,10-,12+/m0/s1. The molecule has 0 unspecified atom stereocenters. The third-order valence-corrected chi connectivity index (χ3v) is 8.16. The van der Waals surface area contributed by atoms with Crippen molar-refractivity contribution in [1.29, 1.82) is 0 Å². The summed E-state index contributed by atoms with van der Waals surface area (Å²) in [7, 11) is 0. The highest BCUT2D eigenvalue weighted by Crippen LogP contribution is 2.85. The van der Waals surface area contributed by atoms with Crippen molar-refractivity contribution in [2.24, 2.45) is 52.3 Å². The largest absolute Gasteiger partial charge is 0.350 e. The number of alkyl halides is 2. The Bertz CT molecular complexity index is 523. The highest BCUT2D eigenvalue weighted by molar-refractivity contribution is 14.1. The Balaban J connectivity index is 1.67. The number of urea groups is 1. The molecule has 0 aromatic heterocycles. The molecule has 0 spiro atoms. The highest BCUT2D eigenvalue weighted by atomic mass is 127. The maximum Gasteiger partial charge on any atom is 0.332 e. The molecule has 6 rings (SSSR count). The maximum absolute atomic E-state index is 15.4. The zero-order valence-corrected chi connectivity index (χ0v) is 11.7. The van der Waals surface area contributed by atoms with Gasteiger partial charge in [0.2, 0.25) is 0 Å². The SMILES string of the molecule is NC(=O)N/N=C1\[C@H]2[C@H]3C[C@H]4[C@H]5[C@@H]3[C@H]1[C@](F)([C@@H]42)[C@H]5I. The number of nitrogens with one attached hydrogen (secondary N) is 1. The fourth-order valence-corrected chi connectivity index (χ4v) is 8.26. The van der Waals surface area contributed by atoms with Gasteiger partial charge in [-0.1, -0.05) is 22.6 Å². The van der Waals surface area contributed by atoms with Gasteiger partial charge in [-0.3, -0.25) is 0 Å². The molecule has 6 saturated carbocycles. The Morgan fingerprint density at radius 3 is 2.94 bits per heavy atom. The summed E-state index contributed by atoms with van der Waals surface area (Å²) in [5, 5.41) is 4.17. The van der Waals surface area contributed by atoms with E-state index in [1.54, 1.807) is 0 Å².